The van der Waals surface area contributed by atoms with Gasteiger partial charge < -0.3 is 4.74 Å². The van der Waals surface area contributed by atoms with Crippen molar-refractivity contribution in [3.05, 3.63) is 29.8 Å². The topological polar surface area (TPSA) is 9.23 Å². The number of benzene rings is 1. The molecular weight excluding hydrogens is 205 g/mol. The van der Waals surface area contributed by atoms with E-state index in [2.05, 4.69) is 0 Å². The van der Waals surface area contributed by atoms with Gasteiger partial charge >= 0.3 is 6.18 Å². The molecule has 0 aromatic heterocycles. The van der Waals surface area contributed by atoms with Crippen LogP contribution in [0.25, 0.3) is 0 Å². The molecule has 1 aliphatic heterocycles. The van der Waals surface area contributed by atoms with Gasteiger partial charge in [-0.2, -0.15) is 13.2 Å². The number of ether oxygens (including phenoxy) is 1. The van der Waals surface area contributed by atoms with E-state index in [1.807, 2.05) is 12.1 Å². The predicted octanol–water partition coefficient (Wildman–Crippen LogP) is 3.50. The summed E-state index contributed by atoms with van der Waals surface area (Å²) in [6.07, 6.45) is -5.94. The molecule has 1 heterocycles. The predicted molar refractivity (Wildman–Crippen MR) is 49.9 cm³/mol. The Labute approximate surface area is 85.9 Å². The van der Waals surface area contributed by atoms with E-state index in [-0.39, 0.29) is 12.3 Å². The third-order valence-corrected chi connectivity index (χ3v) is 2.65. The van der Waals surface area contributed by atoms with Crippen molar-refractivity contribution in [2.45, 2.75) is 31.5 Å². The number of halogens is 3. The van der Waals surface area contributed by atoms with Crippen molar-refractivity contribution in [1.29, 1.82) is 0 Å². The van der Waals surface area contributed by atoms with Crippen LogP contribution in [0.1, 0.15) is 24.8 Å². The second kappa shape index (κ2) is 3.43. The fourth-order valence-electron chi connectivity index (χ4n) is 1.84. The van der Waals surface area contributed by atoms with Crippen LogP contribution in [-0.4, -0.2) is 12.3 Å². The molecule has 0 bridgehead atoms. The molecule has 2 atom stereocenters. The van der Waals surface area contributed by atoms with Crippen LogP contribution in [0.2, 0.25) is 0 Å². The Kier molecular flexibility index (Phi) is 2.37. The minimum atomic E-state index is -4.28. The van der Waals surface area contributed by atoms with Crippen molar-refractivity contribution in [3.63, 3.8) is 0 Å². The van der Waals surface area contributed by atoms with Crippen LogP contribution in [0.15, 0.2) is 24.3 Å². The van der Waals surface area contributed by atoms with E-state index < -0.39 is 12.3 Å². The Morgan fingerprint density at radius 1 is 1.27 bits per heavy atom. The quantitative estimate of drug-likeness (QED) is 0.644. The fourth-order valence-corrected chi connectivity index (χ4v) is 1.84. The maximum absolute atomic E-state index is 12.5. The van der Waals surface area contributed by atoms with Crippen molar-refractivity contribution >= 4 is 0 Å². The Morgan fingerprint density at radius 2 is 1.93 bits per heavy atom. The Bertz CT molecular complexity index is 359. The summed E-state index contributed by atoms with van der Waals surface area (Å²) >= 11 is 0. The molecular formula is C11H11F3O. The summed E-state index contributed by atoms with van der Waals surface area (Å²) in [5.74, 6) is 0.250. The first-order valence-corrected chi connectivity index (χ1v) is 4.81. The second-order valence-electron chi connectivity index (χ2n) is 3.82. The minimum Gasteiger partial charge on any atom is -0.481 e. The van der Waals surface area contributed by atoms with E-state index in [4.69, 9.17) is 4.74 Å². The molecule has 15 heavy (non-hydrogen) atoms. The number of fused-ring (bicyclic) bond motifs is 1. The molecule has 1 nitrogen and oxygen atoms in total. The standard InChI is InChI=1S/C11H11F3O/c1-7-6-10(11(12,13)14)15-9-5-3-2-4-8(7)9/h2-5,7,10H,6H2,1H3. The molecule has 0 fully saturated rings. The van der Waals surface area contributed by atoms with Gasteiger partial charge in [0.25, 0.3) is 0 Å². The van der Waals surface area contributed by atoms with Crippen molar-refractivity contribution in [2.75, 3.05) is 0 Å². The molecule has 1 aromatic rings. The maximum atomic E-state index is 12.5. The highest BCUT2D eigenvalue weighted by Crippen LogP contribution is 2.40. The van der Waals surface area contributed by atoms with E-state index in [1.165, 1.54) is 0 Å². The molecule has 0 spiro atoms. The third-order valence-electron chi connectivity index (χ3n) is 2.65. The molecule has 2 unspecified atom stereocenters. The Hall–Kier alpha value is -1.19. The zero-order valence-corrected chi connectivity index (χ0v) is 8.21. The van der Waals surface area contributed by atoms with Gasteiger partial charge in [0.15, 0.2) is 6.10 Å². The monoisotopic (exact) mass is 216 g/mol. The van der Waals surface area contributed by atoms with Gasteiger partial charge in [-0.1, -0.05) is 25.1 Å². The van der Waals surface area contributed by atoms with Gasteiger partial charge in [0.2, 0.25) is 0 Å². The summed E-state index contributed by atoms with van der Waals surface area (Å²) in [4.78, 5) is 0. The van der Waals surface area contributed by atoms with Crippen molar-refractivity contribution < 1.29 is 17.9 Å². The van der Waals surface area contributed by atoms with Gasteiger partial charge in [0.1, 0.15) is 5.75 Å². The van der Waals surface area contributed by atoms with Crippen LogP contribution in [0.4, 0.5) is 13.2 Å². The highest BCUT2D eigenvalue weighted by atomic mass is 19.4. The molecule has 1 aliphatic rings. The largest absolute Gasteiger partial charge is 0.481 e. The normalized spacial score (nSPS) is 25.6. The summed E-state index contributed by atoms with van der Waals surface area (Å²) in [5, 5.41) is 0. The number of rotatable bonds is 0. The van der Waals surface area contributed by atoms with Crippen LogP contribution in [0, 0.1) is 0 Å². The number of alkyl halides is 3. The lowest BCUT2D eigenvalue weighted by molar-refractivity contribution is -0.200. The van der Waals surface area contributed by atoms with Gasteiger partial charge in [-0.15, -0.1) is 0 Å². The lowest BCUT2D eigenvalue weighted by Gasteiger charge is -2.31. The fraction of sp³-hybridized carbons (Fsp3) is 0.455. The van der Waals surface area contributed by atoms with Gasteiger partial charge in [-0.05, 0) is 17.5 Å². The third kappa shape index (κ3) is 1.94. The van der Waals surface area contributed by atoms with Crippen LogP contribution in [0.5, 0.6) is 5.75 Å². The highest BCUT2D eigenvalue weighted by Gasteiger charge is 2.45. The molecule has 82 valence electrons. The molecule has 2 rings (SSSR count). The minimum absolute atomic E-state index is 0.000509. The lowest BCUT2D eigenvalue weighted by atomic mass is 9.91. The van der Waals surface area contributed by atoms with E-state index >= 15 is 0 Å². The van der Waals surface area contributed by atoms with Gasteiger partial charge in [0.05, 0.1) is 0 Å². The van der Waals surface area contributed by atoms with E-state index in [1.54, 1.807) is 19.1 Å². The average molecular weight is 216 g/mol. The van der Waals surface area contributed by atoms with Crippen LogP contribution < -0.4 is 4.74 Å². The summed E-state index contributed by atoms with van der Waals surface area (Å²) in [7, 11) is 0. The highest BCUT2D eigenvalue weighted by molar-refractivity contribution is 5.38. The molecule has 0 aliphatic carbocycles. The van der Waals surface area contributed by atoms with Gasteiger partial charge in [0, 0.05) is 6.42 Å². The molecule has 0 N–H and O–H groups in total. The molecule has 1 aromatic carbocycles. The zero-order valence-electron chi connectivity index (χ0n) is 8.21. The van der Waals surface area contributed by atoms with Crippen LogP contribution >= 0.6 is 0 Å². The first kappa shape index (κ1) is 10.3. The molecule has 0 saturated heterocycles. The maximum Gasteiger partial charge on any atom is 0.425 e. The smallest absolute Gasteiger partial charge is 0.425 e. The van der Waals surface area contributed by atoms with Gasteiger partial charge in [-0.25, -0.2) is 0 Å². The van der Waals surface area contributed by atoms with Gasteiger partial charge in [-0.3, -0.25) is 0 Å². The van der Waals surface area contributed by atoms with Crippen LogP contribution in [0.3, 0.4) is 0 Å². The molecule has 4 heteroatoms. The number of hydrogen-bond donors (Lipinski definition) is 0. The SMILES string of the molecule is CC1CC(C(F)(F)F)Oc2ccccc21. The van der Waals surface area contributed by atoms with E-state index in [0.29, 0.717) is 5.75 Å². The first-order chi connectivity index (χ1) is 6.98. The van der Waals surface area contributed by atoms with Crippen molar-refractivity contribution in [1.82, 2.24) is 0 Å². The average Bonchev–Trinajstić information content (AvgIpc) is 2.16. The zero-order chi connectivity index (χ0) is 11.1. The Balaban J connectivity index is 2.30. The van der Waals surface area contributed by atoms with E-state index in [9.17, 15) is 13.2 Å². The lowest BCUT2D eigenvalue weighted by Crippen LogP contribution is -2.38. The van der Waals surface area contributed by atoms with Crippen molar-refractivity contribution in [3.8, 4) is 5.75 Å². The summed E-state index contributed by atoms with van der Waals surface area (Å²) in [6, 6.07) is 6.90. The summed E-state index contributed by atoms with van der Waals surface area (Å²) in [6.45, 7) is 1.79. The molecule has 0 amide bonds. The first-order valence-electron chi connectivity index (χ1n) is 4.81. The second-order valence-corrected chi connectivity index (χ2v) is 3.82. The molecule has 0 radical (unpaired) electrons. The van der Waals surface area contributed by atoms with E-state index in [0.717, 1.165) is 5.56 Å². The van der Waals surface area contributed by atoms with Crippen molar-refractivity contribution in [2.24, 2.45) is 0 Å². The number of para-hydroxylation sites is 1. The van der Waals surface area contributed by atoms with Crippen LogP contribution in [-0.2, 0) is 0 Å². The molecule has 0 saturated carbocycles. The summed E-state index contributed by atoms with van der Waals surface area (Å²) in [5.41, 5.74) is 0.859. The Morgan fingerprint density at radius 3 is 2.60 bits per heavy atom. The summed E-state index contributed by atoms with van der Waals surface area (Å²) < 4.78 is 42.4. The number of hydrogen-bond acceptors (Lipinski definition) is 1.